The van der Waals surface area contributed by atoms with Crippen molar-refractivity contribution >= 4 is 0 Å². The van der Waals surface area contributed by atoms with Gasteiger partial charge in [0.05, 0.1) is 0 Å². The van der Waals surface area contributed by atoms with Crippen LogP contribution in [0.25, 0.3) is 0 Å². The topological polar surface area (TPSA) is 15.3 Å². The summed E-state index contributed by atoms with van der Waals surface area (Å²) < 4.78 is 13.1. The second kappa shape index (κ2) is 5.59. The first-order valence-corrected chi connectivity index (χ1v) is 7.51. The summed E-state index contributed by atoms with van der Waals surface area (Å²) in [5.74, 6) is 0.668. The summed E-state index contributed by atoms with van der Waals surface area (Å²) in [6.07, 6.45) is 3.74. The van der Waals surface area contributed by atoms with E-state index in [2.05, 4.69) is 17.1 Å². The highest BCUT2D eigenvalue weighted by Gasteiger charge is 2.37. The maximum Gasteiger partial charge on any atom is 0.123 e. The highest BCUT2D eigenvalue weighted by Crippen LogP contribution is 2.35. The highest BCUT2D eigenvalue weighted by atomic mass is 19.1. The van der Waals surface area contributed by atoms with Crippen LogP contribution in [0.3, 0.4) is 0 Å². The Balaban J connectivity index is 1.82. The van der Waals surface area contributed by atoms with Gasteiger partial charge in [0.1, 0.15) is 5.82 Å². The molecule has 0 amide bonds. The highest BCUT2D eigenvalue weighted by molar-refractivity contribution is 5.20. The van der Waals surface area contributed by atoms with Gasteiger partial charge in [0.25, 0.3) is 0 Å². The summed E-state index contributed by atoms with van der Waals surface area (Å²) in [5.41, 5.74) is 1.26. The molecule has 1 aromatic carbocycles. The molecule has 0 bridgehead atoms. The molecule has 2 aliphatic heterocycles. The molecule has 0 aromatic heterocycles. The quantitative estimate of drug-likeness (QED) is 0.901. The van der Waals surface area contributed by atoms with Gasteiger partial charge in [-0.2, -0.15) is 0 Å². The first-order chi connectivity index (χ1) is 9.29. The van der Waals surface area contributed by atoms with Gasteiger partial charge in [-0.3, -0.25) is 4.90 Å². The molecule has 2 fully saturated rings. The van der Waals surface area contributed by atoms with Crippen LogP contribution in [-0.4, -0.2) is 30.6 Å². The monoisotopic (exact) mass is 262 g/mol. The zero-order valence-corrected chi connectivity index (χ0v) is 11.6. The number of nitrogens with zero attached hydrogens (tertiary/aromatic N) is 1. The summed E-state index contributed by atoms with van der Waals surface area (Å²) in [7, 11) is 0. The van der Waals surface area contributed by atoms with Gasteiger partial charge in [0.15, 0.2) is 0 Å². The zero-order chi connectivity index (χ0) is 13.2. The molecule has 3 rings (SSSR count). The van der Waals surface area contributed by atoms with Gasteiger partial charge in [-0.1, -0.05) is 19.1 Å². The predicted octanol–water partition coefficient (Wildman–Crippen LogP) is 2.96. The Hall–Kier alpha value is -0.930. The smallest absolute Gasteiger partial charge is 0.123 e. The molecule has 1 N–H and O–H groups in total. The van der Waals surface area contributed by atoms with E-state index in [0.717, 1.165) is 18.9 Å². The third-order valence-electron chi connectivity index (χ3n) is 4.76. The molecule has 0 spiro atoms. The van der Waals surface area contributed by atoms with Crippen LogP contribution in [-0.2, 0) is 0 Å². The molecule has 0 radical (unpaired) electrons. The molecule has 0 aliphatic carbocycles. The molecule has 2 saturated heterocycles. The predicted molar refractivity (Wildman–Crippen MR) is 75.5 cm³/mol. The number of nitrogens with one attached hydrogen (secondary N) is 1. The number of piperidine rings is 1. The van der Waals surface area contributed by atoms with Gasteiger partial charge in [-0.25, -0.2) is 4.39 Å². The van der Waals surface area contributed by atoms with Crippen molar-refractivity contribution in [2.75, 3.05) is 19.6 Å². The van der Waals surface area contributed by atoms with Crippen molar-refractivity contribution in [1.29, 1.82) is 0 Å². The molecule has 3 heteroatoms. The SMILES string of the molecule is CCC(c1ccc(F)cc1)N1CCCC2CNCC21. The Morgan fingerprint density at radius 2 is 2.11 bits per heavy atom. The van der Waals surface area contributed by atoms with Crippen molar-refractivity contribution in [2.24, 2.45) is 5.92 Å². The third-order valence-corrected chi connectivity index (χ3v) is 4.76. The Bertz CT molecular complexity index is 417. The van der Waals surface area contributed by atoms with Crippen LogP contribution in [0.5, 0.6) is 0 Å². The van der Waals surface area contributed by atoms with Crippen molar-refractivity contribution in [2.45, 2.75) is 38.3 Å². The lowest BCUT2D eigenvalue weighted by Crippen LogP contribution is -2.46. The van der Waals surface area contributed by atoms with Crippen LogP contribution in [0.15, 0.2) is 24.3 Å². The number of hydrogen-bond acceptors (Lipinski definition) is 2. The molecule has 3 unspecified atom stereocenters. The largest absolute Gasteiger partial charge is 0.315 e. The van der Waals surface area contributed by atoms with Crippen LogP contribution >= 0.6 is 0 Å². The van der Waals surface area contributed by atoms with Gasteiger partial charge < -0.3 is 5.32 Å². The maximum absolute atomic E-state index is 13.1. The minimum atomic E-state index is -0.141. The molecule has 1 aromatic rings. The fourth-order valence-corrected chi connectivity index (χ4v) is 3.84. The van der Waals surface area contributed by atoms with Gasteiger partial charge in [-0.15, -0.1) is 0 Å². The fraction of sp³-hybridized carbons (Fsp3) is 0.625. The summed E-state index contributed by atoms with van der Waals surface area (Å²) in [6, 6.07) is 8.20. The van der Waals surface area contributed by atoms with Crippen LogP contribution in [0, 0.1) is 11.7 Å². The molecule has 2 nitrogen and oxygen atoms in total. The number of hydrogen-bond donors (Lipinski definition) is 1. The van der Waals surface area contributed by atoms with E-state index in [9.17, 15) is 4.39 Å². The van der Waals surface area contributed by atoms with Crippen molar-refractivity contribution < 1.29 is 4.39 Å². The normalized spacial score (nSPS) is 29.2. The Labute approximate surface area is 115 Å². The molecule has 104 valence electrons. The van der Waals surface area contributed by atoms with Crippen molar-refractivity contribution in [3.63, 3.8) is 0 Å². The van der Waals surface area contributed by atoms with E-state index in [-0.39, 0.29) is 5.82 Å². The average Bonchev–Trinajstić information content (AvgIpc) is 2.91. The number of fused-ring (bicyclic) bond motifs is 1. The number of rotatable bonds is 3. The van der Waals surface area contributed by atoms with E-state index in [1.165, 1.54) is 31.5 Å². The maximum atomic E-state index is 13.1. The zero-order valence-electron chi connectivity index (χ0n) is 11.6. The second-order valence-corrected chi connectivity index (χ2v) is 5.84. The van der Waals surface area contributed by atoms with Crippen LogP contribution in [0.2, 0.25) is 0 Å². The molecule has 2 aliphatic rings. The average molecular weight is 262 g/mol. The lowest BCUT2D eigenvalue weighted by atomic mass is 9.88. The van der Waals surface area contributed by atoms with Crippen LogP contribution < -0.4 is 5.32 Å². The molecule has 0 saturated carbocycles. The number of likely N-dealkylation sites (tertiary alicyclic amines) is 1. The molecule has 2 heterocycles. The Kier molecular flexibility index (Phi) is 3.85. The Morgan fingerprint density at radius 3 is 2.84 bits per heavy atom. The van der Waals surface area contributed by atoms with Crippen LogP contribution in [0.4, 0.5) is 4.39 Å². The summed E-state index contributed by atoms with van der Waals surface area (Å²) in [6.45, 7) is 5.70. The van der Waals surface area contributed by atoms with Crippen LogP contribution in [0.1, 0.15) is 37.8 Å². The first-order valence-electron chi connectivity index (χ1n) is 7.51. The lowest BCUT2D eigenvalue weighted by Gasteiger charge is -2.42. The van der Waals surface area contributed by atoms with E-state index >= 15 is 0 Å². The second-order valence-electron chi connectivity index (χ2n) is 5.84. The summed E-state index contributed by atoms with van der Waals surface area (Å²) >= 11 is 0. The van der Waals surface area contributed by atoms with Crippen molar-refractivity contribution in [1.82, 2.24) is 10.2 Å². The standard InChI is InChI=1S/C16H23FN2/c1-2-15(12-5-7-14(17)8-6-12)19-9-3-4-13-10-18-11-16(13)19/h5-8,13,15-16,18H,2-4,9-11H2,1H3. The van der Waals surface area contributed by atoms with E-state index in [1.54, 1.807) is 12.1 Å². The molecule has 19 heavy (non-hydrogen) atoms. The van der Waals surface area contributed by atoms with E-state index in [1.807, 2.05) is 12.1 Å². The minimum Gasteiger partial charge on any atom is -0.315 e. The lowest BCUT2D eigenvalue weighted by molar-refractivity contribution is 0.0744. The van der Waals surface area contributed by atoms with E-state index < -0.39 is 0 Å². The number of benzene rings is 1. The molecular weight excluding hydrogens is 239 g/mol. The first kappa shape index (κ1) is 13.1. The molecular formula is C16H23FN2. The summed E-state index contributed by atoms with van der Waals surface area (Å²) in [5, 5.41) is 3.53. The Morgan fingerprint density at radius 1 is 1.32 bits per heavy atom. The number of halogens is 1. The minimum absolute atomic E-state index is 0.141. The molecule has 3 atom stereocenters. The third kappa shape index (κ3) is 2.54. The fourth-order valence-electron chi connectivity index (χ4n) is 3.84. The van der Waals surface area contributed by atoms with Gasteiger partial charge >= 0.3 is 0 Å². The van der Waals surface area contributed by atoms with Gasteiger partial charge in [-0.05, 0) is 56.0 Å². The van der Waals surface area contributed by atoms with Crippen molar-refractivity contribution in [3.8, 4) is 0 Å². The van der Waals surface area contributed by atoms with Gasteiger partial charge in [0, 0.05) is 18.6 Å². The van der Waals surface area contributed by atoms with E-state index in [0.29, 0.717) is 12.1 Å². The van der Waals surface area contributed by atoms with E-state index in [4.69, 9.17) is 0 Å². The van der Waals surface area contributed by atoms with Gasteiger partial charge in [0.2, 0.25) is 0 Å². The van der Waals surface area contributed by atoms with Crippen molar-refractivity contribution in [3.05, 3.63) is 35.6 Å². The summed E-state index contributed by atoms with van der Waals surface area (Å²) in [4.78, 5) is 2.65.